The number of nitrogens with zero attached hydrogens (tertiary/aromatic N) is 4. The zero-order chi connectivity index (χ0) is 18.6. The molecule has 8 heteroatoms. The lowest BCUT2D eigenvalue weighted by molar-refractivity contribution is 0.364. The molecule has 6 nitrogen and oxygen atoms in total. The Bertz CT molecular complexity index is 1000. The Hall–Kier alpha value is -2.41. The van der Waals surface area contributed by atoms with E-state index < -0.39 is 5.82 Å². The molecule has 0 unspecified atom stereocenters. The molecule has 2 heterocycles. The highest BCUT2D eigenvalue weighted by Crippen LogP contribution is 2.35. The number of benzene rings is 1. The number of anilines is 2. The van der Waals surface area contributed by atoms with E-state index in [4.69, 9.17) is 17.3 Å². The fourth-order valence-electron chi connectivity index (χ4n) is 2.85. The fraction of sp³-hybridized carbons (Fsp3) is 0.389. The van der Waals surface area contributed by atoms with Crippen LogP contribution in [0.25, 0.3) is 22.3 Å². The van der Waals surface area contributed by atoms with Gasteiger partial charge in [-0.05, 0) is 51.8 Å². The second kappa shape index (κ2) is 5.81. The van der Waals surface area contributed by atoms with Crippen molar-refractivity contribution >= 4 is 34.4 Å². The van der Waals surface area contributed by atoms with E-state index in [2.05, 4.69) is 20.4 Å². The van der Waals surface area contributed by atoms with Gasteiger partial charge in [0.1, 0.15) is 11.6 Å². The van der Waals surface area contributed by atoms with Gasteiger partial charge in [0.05, 0.1) is 21.6 Å². The summed E-state index contributed by atoms with van der Waals surface area (Å²) < 4.78 is 15.3. The minimum Gasteiger partial charge on any atom is -0.383 e. The third-order valence-corrected chi connectivity index (χ3v) is 4.60. The van der Waals surface area contributed by atoms with Crippen LogP contribution in [0.15, 0.2) is 18.2 Å². The van der Waals surface area contributed by atoms with Gasteiger partial charge in [-0.3, -0.25) is 0 Å². The third-order valence-electron chi connectivity index (χ3n) is 4.31. The molecule has 1 aliphatic rings. The van der Waals surface area contributed by atoms with Gasteiger partial charge in [0.15, 0.2) is 5.65 Å². The van der Waals surface area contributed by atoms with Gasteiger partial charge < -0.3 is 11.1 Å². The quantitative estimate of drug-likeness (QED) is 0.718. The predicted octanol–water partition coefficient (Wildman–Crippen LogP) is 4.20. The maximum Gasteiger partial charge on any atom is 0.225 e. The average molecular weight is 375 g/mol. The first-order chi connectivity index (χ1) is 12.2. The topological polar surface area (TPSA) is 81.7 Å². The molecule has 1 aromatic carbocycles. The first-order valence-electron chi connectivity index (χ1n) is 8.53. The summed E-state index contributed by atoms with van der Waals surface area (Å²) in [5.74, 6) is 0.491. The summed E-state index contributed by atoms with van der Waals surface area (Å²) in [6.45, 7) is 6.04. The number of hydrogen-bond acceptors (Lipinski definition) is 5. The highest BCUT2D eigenvalue weighted by molar-refractivity contribution is 6.31. The highest BCUT2D eigenvalue weighted by atomic mass is 35.5. The molecule has 136 valence electrons. The molecule has 3 N–H and O–H groups in total. The summed E-state index contributed by atoms with van der Waals surface area (Å²) >= 11 is 5.98. The van der Waals surface area contributed by atoms with Crippen molar-refractivity contribution in [3.8, 4) is 11.3 Å². The lowest BCUT2D eigenvalue weighted by Crippen LogP contribution is -2.24. The molecular formula is C18H20ClFN6. The zero-order valence-electron chi connectivity index (χ0n) is 14.8. The van der Waals surface area contributed by atoms with Gasteiger partial charge in [-0.2, -0.15) is 4.98 Å². The Kier molecular flexibility index (Phi) is 3.80. The minimum absolute atomic E-state index is 0.0350. The molecule has 4 rings (SSSR count). The maximum atomic E-state index is 13.6. The molecule has 2 aromatic heterocycles. The van der Waals surface area contributed by atoms with Crippen LogP contribution >= 0.6 is 11.6 Å². The van der Waals surface area contributed by atoms with Crippen LogP contribution in [0.4, 0.5) is 16.2 Å². The van der Waals surface area contributed by atoms with E-state index in [0.717, 1.165) is 12.8 Å². The Balaban J connectivity index is 1.98. The molecule has 1 fully saturated rings. The number of nitrogens with two attached hydrogens (primary N) is 1. The summed E-state index contributed by atoms with van der Waals surface area (Å²) in [6.07, 6.45) is 2.19. The molecule has 0 amide bonds. The van der Waals surface area contributed by atoms with E-state index in [1.54, 1.807) is 16.8 Å². The Morgan fingerprint density at radius 3 is 2.62 bits per heavy atom. The van der Waals surface area contributed by atoms with Crippen molar-refractivity contribution in [2.75, 3.05) is 11.1 Å². The van der Waals surface area contributed by atoms with Crippen molar-refractivity contribution in [3.63, 3.8) is 0 Å². The van der Waals surface area contributed by atoms with Crippen molar-refractivity contribution in [2.45, 2.75) is 45.2 Å². The molecule has 1 saturated carbocycles. The van der Waals surface area contributed by atoms with Crippen LogP contribution in [0, 0.1) is 5.82 Å². The first-order valence-corrected chi connectivity index (χ1v) is 8.90. The smallest absolute Gasteiger partial charge is 0.225 e. The SMILES string of the molecule is CC(C)(C)n1nc2nc(NC3CC3)nc(-c3ccc(F)c(Cl)c3)c2c1N. The Morgan fingerprint density at radius 1 is 1.27 bits per heavy atom. The zero-order valence-corrected chi connectivity index (χ0v) is 15.6. The Morgan fingerprint density at radius 2 is 2.00 bits per heavy atom. The van der Waals surface area contributed by atoms with Gasteiger partial charge in [-0.25, -0.2) is 14.1 Å². The normalized spacial score (nSPS) is 14.8. The fourth-order valence-corrected chi connectivity index (χ4v) is 3.03. The van der Waals surface area contributed by atoms with E-state index in [9.17, 15) is 4.39 Å². The molecule has 0 atom stereocenters. The minimum atomic E-state index is -0.476. The summed E-state index contributed by atoms with van der Waals surface area (Å²) in [7, 11) is 0. The number of nitrogens with one attached hydrogen (secondary N) is 1. The summed E-state index contributed by atoms with van der Waals surface area (Å²) in [5.41, 5.74) is 7.84. The number of rotatable bonds is 3. The first kappa shape index (κ1) is 17.0. The van der Waals surface area contributed by atoms with Crippen LogP contribution in [-0.2, 0) is 5.54 Å². The van der Waals surface area contributed by atoms with Gasteiger partial charge in [-0.1, -0.05) is 11.6 Å². The third kappa shape index (κ3) is 2.96. The van der Waals surface area contributed by atoms with Gasteiger partial charge in [0, 0.05) is 11.6 Å². The number of hydrogen-bond donors (Lipinski definition) is 2. The predicted molar refractivity (Wildman–Crippen MR) is 102 cm³/mol. The van der Waals surface area contributed by atoms with Crippen molar-refractivity contribution in [1.29, 1.82) is 0 Å². The molecule has 3 aromatic rings. The van der Waals surface area contributed by atoms with Crippen LogP contribution in [0.2, 0.25) is 5.02 Å². The summed E-state index contributed by atoms with van der Waals surface area (Å²) in [5, 5.41) is 8.56. The van der Waals surface area contributed by atoms with E-state index in [-0.39, 0.29) is 10.6 Å². The number of halogens is 2. The molecule has 0 radical (unpaired) electrons. The van der Waals surface area contributed by atoms with Crippen molar-refractivity contribution < 1.29 is 4.39 Å². The molecule has 0 bridgehead atoms. The van der Waals surface area contributed by atoms with E-state index in [1.807, 2.05) is 20.8 Å². The maximum absolute atomic E-state index is 13.6. The standard InChI is InChI=1S/C18H20ClFN6/c1-18(2,3)26-15(21)13-14(9-4-7-12(20)11(19)8-9)23-17(22-10-5-6-10)24-16(13)25-26/h4,7-8,10H,5-6,21H2,1-3H3,(H,22,24,25). The second-order valence-electron chi connectivity index (χ2n) is 7.61. The second-order valence-corrected chi connectivity index (χ2v) is 8.02. The Labute approximate surface area is 155 Å². The number of nitrogen functional groups attached to an aromatic ring is 1. The van der Waals surface area contributed by atoms with Crippen molar-refractivity contribution in [1.82, 2.24) is 19.7 Å². The summed E-state index contributed by atoms with van der Waals surface area (Å²) in [6, 6.07) is 4.90. The average Bonchev–Trinajstić information content (AvgIpc) is 3.30. The van der Waals surface area contributed by atoms with Crippen LogP contribution in [-0.4, -0.2) is 25.8 Å². The van der Waals surface area contributed by atoms with Crippen LogP contribution in [0.5, 0.6) is 0 Å². The monoisotopic (exact) mass is 374 g/mol. The highest BCUT2D eigenvalue weighted by Gasteiger charge is 2.26. The molecular weight excluding hydrogens is 355 g/mol. The number of aromatic nitrogens is 4. The van der Waals surface area contributed by atoms with E-state index >= 15 is 0 Å². The summed E-state index contributed by atoms with van der Waals surface area (Å²) in [4.78, 5) is 9.18. The van der Waals surface area contributed by atoms with E-state index in [1.165, 1.54) is 6.07 Å². The van der Waals surface area contributed by atoms with Crippen molar-refractivity contribution in [3.05, 3.63) is 29.0 Å². The van der Waals surface area contributed by atoms with Crippen LogP contribution < -0.4 is 11.1 Å². The molecule has 0 saturated heterocycles. The van der Waals surface area contributed by atoms with Crippen molar-refractivity contribution in [2.24, 2.45) is 0 Å². The number of fused-ring (bicyclic) bond motifs is 1. The molecule has 0 spiro atoms. The van der Waals surface area contributed by atoms with Gasteiger partial charge in [-0.15, -0.1) is 5.10 Å². The van der Waals surface area contributed by atoms with Gasteiger partial charge >= 0.3 is 0 Å². The van der Waals surface area contributed by atoms with Crippen LogP contribution in [0.1, 0.15) is 33.6 Å². The lowest BCUT2D eigenvalue weighted by Gasteiger charge is -2.20. The van der Waals surface area contributed by atoms with Gasteiger partial charge in [0.25, 0.3) is 0 Å². The van der Waals surface area contributed by atoms with Crippen LogP contribution in [0.3, 0.4) is 0 Å². The largest absolute Gasteiger partial charge is 0.383 e. The van der Waals surface area contributed by atoms with Gasteiger partial charge in [0.2, 0.25) is 5.95 Å². The lowest BCUT2D eigenvalue weighted by atomic mass is 10.1. The molecule has 26 heavy (non-hydrogen) atoms. The molecule has 0 aliphatic heterocycles. The molecule has 1 aliphatic carbocycles. The van der Waals surface area contributed by atoms with E-state index in [0.29, 0.717) is 40.1 Å².